The third-order valence-electron chi connectivity index (χ3n) is 4.63. The van der Waals surface area contributed by atoms with Gasteiger partial charge in [-0.1, -0.05) is 12.1 Å². The molecule has 0 spiro atoms. The van der Waals surface area contributed by atoms with Crippen LogP contribution in [0.5, 0.6) is 0 Å². The molecule has 1 aromatic rings. The maximum atomic E-state index is 11.7. The molecule has 0 saturated carbocycles. The zero-order chi connectivity index (χ0) is 18.1. The van der Waals surface area contributed by atoms with E-state index in [0.29, 0.717) is 11.5 Å². The number of hydrogen-bond donors (Lipinski definition) is 3. The highest BCUT2D eigenvalue weighted by Gasteiger charge is 2.17. The van der Waals surface area contributed by atoms with E-state index >= 15 is 0 Å². The molecular formula is C19H32IN5O. The second-order valence-electron chi connectivity index (χ2n) is 6.68. The van der Waals surface area contributed by atoms with Crippen LogP contribution in [-0.4, -0.2) is 64.1 Å². The van der Waals surface area contributed by atoms with Crippen LogP contribution >= 0.6 is 24.0 Å². The average molecular weight is 473 g/mol. The predicted octanol–water partition coefficient (Wildman–Crippen LogP) is 1.71. The van der Waals surface area contributed by atoms with Crippen molar-refractivity contribution >= 4 is 35.8 Å². The number of nitrogens with zero attached hydrogens (tertiary/aromatic N) is 2. The molecule has 1 saturated heterocycles. The van der Waals surface area contributed by atoms with Crippen LogP contribution in [0.25, 0.3) is 0 Å². The molecule has 1 heterocycles. The summed E-state index contributed by atoms with van der Waals surface area (Å²) < 4.78 is 0. The number of benzene rings is 1. The lowest BCUT2D eigenvalue weighted by molar-refractivity contribution is 0.0963. The van der Waals surface area contributed by atoms with E-state index in [-0.39, 0.29) is 29.9 Å². The van der Waals surface area contributed by atoms with Gasteiger partial charge in [0.25, 0.3) is 5.91 Å². The molecule has 0 aromatic heterocycles. The molecule has 1 amide bonds. The molecule has 7 heteroatoms. The van der Waals surface area contributed by atoms with Crippen LogP contribution < -0.4 is 16.0 Å². The molecule has 0 bridgehead atoms. The van der Waals surface area contributed by atoms with E-state index in [1.165, 1.54) is 19.4 Å². The summed E-state index contributed by atoms with van der Waals surface area (Å²) in [5.74, 6) is 1.47. The van der Waals surface area contributed by atoms with E-state index in [0.717, 1.165) is 37.6 Å². The van der Waals surface area contributed by atoms with Gasteiger partial charge in [-0.25, -0.2) is 0 Å². The van der Waals surface area contributed by atoms with Gasteiger partial charge in [-0.2, -0.15) is 0 Å². The first-order valence-corrected chi connectivity index (χ1v) is 9.06. The molecule has 0 radical (unpaired) electrons. The van der Waals surface area contributed by atoms with E-state index in [2.05, 4.69) is 32.9 Å². The summed E-state index contributed by atoms with van der Waals surface area (Å²) in [7, 11) is 5.64. The Hall–Kier alpha value is -1.35. The lowest BCUT2D eigenvalue weighted by Gasteiger charge is -2.30. The Morgan fingerprint density at radius 1 is 1.35 bits per heavy atom. The van der Waals surface area contributed by atoms with Gasteiger partial charge in [-0.05, 0) is 56.5 Å². The van der Waals surface area contributed by atoms with Gasteiger partial charge < -0.3 is 20.9 Å². The van der Waals surface area contributed by atoms with E-state index in [4.69, 9.17) is 0 Å². The van der Waals surface area contributed by atoms with Gasteiger partial charge in [0, 0.05) is 39.3 Å². The van der Waals surface area contributed by atoms with Crippen molar-refractivity contribution in [2.45, 2.75) is 19.3 Å². The van der Waals surface area contributed by atoms with Crippen LogP contribution in [0.3, 0.4) is 0 Å². The first kappa shape index (κ1) is 22.7. The van der Waals surface area contributed by atoms with E-state index in [1.54, 1.807) is 14.1 Å². The Labute approximate surface area is 174 Å². The number of carbonyl (C=O) groups excluding carboxylic acids is 1. The predicted molar refractivity (Wildman–Crippen MR) is 119 cm³/mol. The highest BCUT2D eigenvalue weighted by Crippen LogP contribution is 2.13. The maximum absolute atomic E-state index is 11.7. The number of nitrogens with one attached hydrogen (secondary N) is 3. The molecule has 1 atom stereocenters. The summed E-state index contributed by atoms with van der Waals surface area (Å²) in [6, 6.07) is 7.74. The van der Waals surface area contributed by atoms with E-state index in [9.17, 15) is 4.79 Å². The fraction of sp³-hybridized carbons (Fsp3) is 0.579. The van der Waals surface area contributed by atoms with Crippen LogP contribution in [0.15, 0.2) is 29.3 Å². The Morgan fingerprint density at radius 2 is 2.15 bits per heavy atom. The number of halogens is 1. The lowest BCUT2D eigenvalue weighted by Crippen LogP contribution is -2.44. The van der Waals surface area contributed by atoms with Crippen molar-refractivity contribution in [3.8, 4) is 0 Å². The summed E-state index contributed by atoms with van der Waals surface area (Å²) in [6.45, 7) is 4.09. The van der Waals surface area contributed by atoms with Crippen molar-refractivity contribution in [2.75, 3.05) is 47.3 Å². The Morgan fingerprint density at radius 3 is 2.85 bits per heavy atom. The third kappa shape index (κ3) is 7.49. The summed E-state index contributed by atoms with van der Waals surface area (Å²) in [6.07, 6.45) is 3.40. The minimum Gasteiger partial charge on any atom is -0.356 e. The number of hydrogen-bond acceptors (Lipinski definition) is 3. The maximum Gasteiger partial charge on any atom is 0.251 e. The summed E-state index contributed by atoms with van der Waals surface area (Å²) >= 11 is 0. The molecule has 3 N–H and O–H groups in total. The van der Waals surface area contributed by atoms with Crippen LogP contribution in [0, 0.1) is 5.92 Å². The third-order valence-corrected chi connectivity index (χ3v) is 4.63. The standard InChI is InChI=1S/C19H31N5O.HI/c1-20-18(25)17-8-4-6-15(12-17)9-10-22-19(21-2)23-13-16-7-5-11-24(3)14-16;/h4,6,8,12,16H,5,7,9-11,13-14H2,1-3H3,(H,20,25)(H2,21,22,23);1H. The molecule has 1 fully saturated rings. The lowest BCUT2D eigenvalue weighted by atomic mass is 9.99. The topological polar surface area (TPSA) is 68.8 Å². The fourth-order valence-corrected chi connectivity index (χ4v) is 3.24. The van der Waals surface area contributed by atoms with Gasteiger partial charge in [-0.3, -0.25) is 9.79 Å². The highest BCUT2D eigenvalue weighted by molar-refractivity contribution is 14.0. The van der Waals surface area contributed by atoms with Gasteiger partial charge in [-0.15, -0.1) is 24.0 Å². The molecule has 1 aliphatic rings. The Balaban J connectivity index is 0.00000338. The number of likely N-dealkylation sites (tertiary alicyclic amines) is 1. The minimum atomic E-state index is -0.0512. The van der Waals surface area contributed by atoms with Gasteiger partial charge in [0.15, 0.2) is 5.96 Å². The van der Waals surface area contributed by atoms with Crippen molar-refractivity contribution in [2.24, 2.45) is 10.9 Å². The summed E-state index contributed by atoms with van der Waals surface area (Å²) in [5.41, 5.74) is 1.84. The van der Waals surface area contributed by atoms with Crippen molar-refractivity contribution in [1.82, 2.24) is 20.9 Å². The van der Waals surface area contributed by atoms with Crippen molar-refractivity contribution in [1.29, 1.82) is 0 Å². The SMILES string of the molecule is CN=C(NCCc1cccc(C(=O)NC)c1)NCC1CCCN(C)C1.I. The zero-order valence-electron chi connectivity index (χ0n) is 16.0. The van der Waals surface area contributed by atoms with Crippen LogP contribution in [0.4, 0.5) is 0 Å². The number of guanidine groups is 1. The molecule has 6 nitrogen and oxygen atoms in total. The highest BCUT2D eigenvalue weighted by atomic mass is 127. The Bertz CT molecular complexity index is 593. The molecule has 1 unspecified atom stereocenters. The average Bonchev–Trinajstić information content (AvgIpc) is 2.64. The second-order valence-corrected chi connectivity index (χ2v) is 6.68. The van der Waals surface area contributed by atoms with Crippen molar-refractivity contribution < 1.29 is 4.79 Å². The number of carbonyl (C=O) groups is 1. The molecule has 26 heavy (non-hydrogen) atoms. The van der Waals surface area contributed by atoms with Gasteiger partial charge >= 0.3 is 0 Å². The number of rotatable bonds is 6. The normalized spacial score (nSPS) is 18.0. The molecule has 1 aromatic carbocycles. The molecular weight excluding hydrogens is 441 g/mol. The minimum absolute atomic E-state index is 0. The molecule has 146 valence electrons. The number of amides is 1. The summed E-state index contributed by atoms with van der Waals surface area (Å²) in [4.78, 5) is 18.4. The Kier molecular flexibility index (Phi) is 10.6. The van der Waals surface area contributed by atoms with Gasteiger partial charge in [0.1, 0.15) is 0 Å². The van der Waals surface area contributed by atoms with Crippen LogP contribution in [0.1, 0.15) is 28.8 Å². The second kappa shape index (κ2) is 12.1. The van der Waals surface area contributed by atoms with E-state index < -0.39 is 0 Å². The molecule has 1 aliphatic heterocycles. The monoisotopic (exact) mass is 473 g/mol. The quantitative estimate of drug-likeness (QED) is 0.335. The largest absolute Gasteiger partial charge is 0.356 e. The fourth-order valence-electron chi connectivity index (χ4n) is 3.24. The zero-order valence-corrected chi connectivity index (χ0v) is 18.4. The summed E-state index contributed by atoms with van der Waals surface area (Å²) in [5, 5.41) is 9.44. The number of aliphatic imine (C=N–C) groups is 1. The molecule has 2 rings (SSSR count). The van der Waals surface area contributed by atoms with Crippen molar-refractivity contribution in [3.05, 3.63) is 35.4 Å². The number of piperidine rings is 1. The molecule has 0 aliphatic carbocycles. The van der Waals surface area contributed by atoms with Crippen LogP contribution in [-0.2, 0) is 6.42 Å². The van der Waals surface area contributed by atoms with Crippen molar-refractivity contribution in [3.63, 3.8) is 0 Å². The van der Waals surface area contributed by atoms with Gasteiger partial charge in [0.2, 0.25) is 0 Å². The first-order valence-electron chi connectivity index (χ1n) is 9.06. The van der Waals surface area contributed by atoms with Gasteiger partial charge in [0.05, 0.1) is 0 Å². The van der Waals surface area contributed by atoms with Crippen LogP contribution in [0.2, 0.25) is 0 Å². The van der Waals surface area contributed by atoms with E-state index in [1.807, 2.05) is 24.3 Å². The smallest absolute Gasteiger partial charge is 0.251 e. The first-order chi connectivity index (χ1) is 12.1.